The zero-order valence-electron chi connectivity index (χ0n) is 9.73. The molecule has 0 radical (unpaired) electrons. The topological polar surface area (TPSA) is 59.0 Å². The van der Waals surface area contributed by atoms with Crippen LogP contribution in [0.2, 0.25) is 0 Å². The Bertz CT molecular complexity index is 368. The molecule has 1 fully saturated rings. The van der Waals surface area contributed by atoms with Crippen LogP contribution in [0, 0.1) is 0 Å². The summed E-state index contributed by atoms with van der Waals surface area (Å²) in [6, 6.07) is -0.192. The molecule has 2 rings (SSSR count). The minimum absolute atomic E-state index is 0.0187. The Morgan fingerprint density at radius 2 is 2.56 bits per heavy atom. The van der Waals surface area contributed by atoms with Crippen molar-refractivity contribution >= 4 is 5.91 Å². The van der Waals surface area contributed by atoms with Crippen LogP contribution in [0.4, 0.5) is 0 Å². The number of rotatable bonds is 3. The van der Waals surface area contributed by atoms with Crippen molar-refractivity contribution in [3.8, 4) is 0 Å². The molecular weight excluding hydrogens is 204 g/mol. The van der Waals surface area contributed by atoms with Crippen molar-refractivity contribution in [2.75, 3.05) is 20.1 Å². The molecule has 16 heavy (non-hydrogen) atoms. The number of imidazole rings is 1. The second-order valence-corrected chi connectivity index (χ2v) is 4.21. The maximum atomic E-state index is 11.6. The molecule has 0 spiro atoms. The van der Waals surface area contributed by atoms with E-state index >= 15 is 0 Å². The Morgan fingerprint density at radius 1 is 1.75 bits per heavy atom. The van der Waals surface area contributed by atoms with Crippen LogP contribution in [-0.2, 0) is 4.79 Å². The predicted molar refractivity (Wildman–Crippen MR) is 61.2 cm³/mol. The maximum Gasteiger partial charge on any atom is 0.242 e. The van der Waals surface area contributed by atoms with Crippen LogP contribution in [0.3, 0.4) is 0 Å². The van der Waals surface area contributed by atoms with Crippen molar-refractivity contribution in [2.45, 2.75) is 25.3 Å². The van der Waals surface area contributed by atoms with Gasteiger partial charge >= 0.3 is 0 Å². The van der Waals surface area contributed by atoms with Crippen molar-refractivity contribution < 1.29 is 4.79 Å². The standard InChI is InChI=1S/C11H18N4O/c1-8(11(16)12-2)15-7-14-6-10(15)9-3-4-13-5-9/h6-9,13H,3-5H2,1-2H3,(H,12,16). The van der Waals surface area contributed by atoms with Gasteiger partial charge in [0, 0.05) is 31.4 Å². The highest BCUT2D eigenvalue weighted by atomic mass is 16.2. The Hall–Kier alpha value is -1.36. The Balaban J connectivity index is 2.21. The molecule has 1 amide bonds. The summed E-state index contributed by atoms with van der Waals surface area (Å²) in [5.41, 5.74) is 1.15. The summed E-state index contributed by atoms with van der Waals surface area (Å²) in [5.74, 6) is 0.500. The van der Waals surface area contributed by atoms with E-state index in [2.05, 4.69) is 15.6 Å². The summed E-state index contributed by atoms with van der Waals surface area (Å²) in [6.45, 7) is 3.92. The monoisotopic (exact) mass is 222 g/mol. The first-order chi connectivity index (χ1) is 7.74. The van der Waals surface area contributed by atoms with E-state index in [0.717, 1.165) is 25.2 Å². The smallest absolute Gasteiger partial charge is 0.242 e. The van der Waals surface area contributed by atoms with Gasteiger partial charge in [-0.05, 0) is 19.9 Å². The first-order valence-electron chi connectivity index (χ1n) is 5.68. The first-order valence-corrected chi connectivity index (χ1v) is 5.68. The molecule has 88 valence electrons. The number of aromatic nitrogens is 2. The minimum Gasteiger partial charge on any atom is -0.357 e. The molecule has 2 N–H and O–H groups in total. The summed E-state index contributed by atoms with van der Waals surface area (Å²) < 4.78 is 1.97. The number of nitrogens with zero attached hydrogens (tertiary/aromatic N) is 2. The second kappa shape index (κ2) is 4.65. The van der Waals surface area contributed by atoms with Gasteiger partial charge in [-0.1, -0.05) is 0 Å². The van der Waals surface area contributed by atoms with E-state index < -0.39 is 0 Å². The lowest BCUT2D eigenvalue weighted by atomic mass is 10.1. The average Bonchev–Trinajstić information content (AvgIpc) is 2.95. The van der Waals surface area contributed by atoms with Crippen molar-refractivity contribution in [3.63, 3.8) is 0 Å². The van der Waals surface area contributed by atoms with Crippen molar-refractivity contribution in [2.24, 2.45) is 0 Å². The third-order valence-corrected chi connectivity index (χ3v) is 3.22. The van der Waals surface area contributed by atoms with Gasteiger partial charge in [-0.15, -0.1) is 0 Å². The fourth-order valence-electron chi connectivity index (χ4n) is 2.20. The number of carbonyl (C=O) groups is 1. The van der Waals surface area contributed by atoms with Gasteiger partial charge in [0.15, 0.2) is 0 Å². The first kappa shape index (κ1) is 11.1. The zero-order chi connectivity index (χ0) is 11.5. The molecule has 0 saturated carbocycles. The Labute approximate surface area is 95.2 Å². The Morgan fingerprint density at radius 3 is 3.19 bits per heavy atom. The van der Waals surface area contributed by atoms with Crippen LogP contribution >= 0.6 is 0 Å². The van der Waals surface area contributed by atoms with Gasteiger partial charge < -0.3 is 15.2 Å². The molecule has 0 aliphatic carbocycles. The molecule has 0 aromatic carbocycles. The second-order valence-electron chi connectivity index (χ2n) is 4.21. The molecule has 1 aromatic heterocycles. The number of hydrogen-bond donors (Lipinski definition) is 2. The van der Waals surface area contributed by atoms with E-state index in [-0.39, 0.29) is 11.9 Å². The van der Waals surface area contributed by atoms with Crippen LogP contribution in [0.1, 0.15) is 31.0 Å². The normalized spacial score (nSPS) is 22.0. The van der Waals surface area contributed by atoms with Gasteiger partial charge in [-0.25, -0.2) is 4.98 Å². The third-order valence-electron chi connectivity index (χ3n) is 3.22. The third kappa shape index (κ3) is 1.95. The van der Waals surface area contributed by atoms with Crippen LogP contribution in [0.15, 0.2) is 12.5 Å². The lowest BCUT2D eigenvalue weighted by Gasteiger charge is -2.17. The van der Waals surface area contributed by atoms with Crippen LogP contribution in [0.5, 0.6) is 0 Å². The zero-order valence-corrected chi connectivity index (χ0v) is 9.73. The van der Waals surface area contributed by atoms with E-state index in [1.165, 1.54) is 0 Å². The number of hydrogen-bond acceptors (Lipinski definition) is 3. The molecule has 0 bridgehead atoms. The largest absolute Gasteiger partial charge is 0.357 e. The lowest BCUT2D eigenvalue weighted by molar-refractivity contribution is -0.123. The van der Waals surface area contributed by atoms with Crippen LogP contribution in [0.25, 0.3) is 0 Å². The molecule has 1 aromatic rings. The van der Waals surface area contributed by atoms with Gasteiger partial charge in [0.1, 0.15) is 6.04 Å². The maximum absolute atomic E-state index is 11.6. The average molecular weight is 222 g/mol. The van der Waals surface area contributed by atoms with Crippen molar-refractivity contribution in [1.82, 2.24) is 20.2 Å². The molecule has 2 unspecified atom stereocenters. The minimum atomic E-state index is -0.192. The molecule has 1 saturated heterocycles. The highest BCUT2D eigenvalue weighted by molar-refractivity contribution is 5.79. The fourth-order valence-corrected chi connectivity index (χ4v) is 2.20. The quantitative estimate of drug-likeness (QED) is 0.771. The summed E-state index contributed by atoms with van der Waals surface area (Å²) in [7, 11) is 1.66. The number of likely N-dealkylation sites (N-methyl/N-ethyl adjacent to an activating group) is 1. The molecule has 5 heteroatoms. The van der Waals surface area contributed by atoms with Crippen LogP contribution in [-0.4, -0.2) is 35.6 Å². The fraction of sp³-hybridized carbons (Fsp3) is 0.636. The van der Waals surface area contributed by atoms with E-state index in [0.29, 0.717) is 5.92 Å². The molecule has 1 aliphatic heterocycles. The summed E-state index contributed by atoms with van der Waals surface area (Å²) in [6.07, 6.45) is 4.73. The van der Waals surface area contributed by atoms with Gasteiger partial charge in [0.05, 0.1) is 6.33 Å². The Kier molecular flexibility index (Phi) is 3.24. The summed E-state index contributed by atoms with van der Waals surface area (Å²) in [4.78, 5) is 15.8. The predicted octanol–water partition coefficient (Wildman–Crippen LogP) is 0.267. The van der Waals surface area contributed by atoms with Gasteiger partial charge in [0.25, 0.3) is 0 Å². The number of carbonyl (C=O) groups excluding carboxylic acids is 1. The summed E-state index contributed by atoms with van der Waals surface area (Å²) in [5, 5.41) is 6.00. The lowest BCUT2D eigenvalue weighted by Crippen LogP contribution is -2.29. The van der Waals surface area contributed by atoms with Crippen LogP contribution < -0.4 is 10.6 Å². The van der Waals surface area contributed by atoms with E-state index in [1.54, 1.807) is 13.4 Å². The highest BCUT2D eigenvalue weighted by Crippen LogP contribution is 2.24. The highest BCUT2D eigenvalue weighted by Gasteiger charge is 2.23. The molecule has 1 aliphatic rings. The van der Waals surface area contributed by atoms with Gasteiger partial charge in [-0.3, -0.25) is 4.79 Å². The molecule has 2 atom stereocenters. The molecule has 2 heterocycles. The van der Waals surface area contributed by atoms with Crippen molar-refractivity contribution in [1.29, 1.82) is 0 Å². The van der Waals surface area contributed by atoms with Gasteiger partial charge in [0.2, 0.25) is 5.91 Å². The van der Waals surface area contributed by atoms with E-state index in [9.17, 15) is 4.79 Å². The number of amides is 1. The van der Waals surface area contributed by atoms with E-state index in [1.807, 2.05) is 17.7 Å². The molecular formula is C11H18N4O. The SMILES string of the molecule is CNC(=O)C(C)n1cncc1C1CCNC1. The molecule has 5 nitrogen and oxygen atoms in total. The number of nitrogens with one attached hydrogen (secondary N) is 2. The van der Waals surface area contributed by atoms with E-state index in [4.69, 9.17) is 0 Å². The van der Waals surface area contributed by atoms with Gasteiger partial charge in [-0.2, -0.15) is 0 Å². The van der Waals surface area contributed by atoms with Crippen molar-refractivity contribution in [3.05, 3.63) is 18.2 Å². The summed E-state index contributed by atoms with van der Waals surface area (Å²) >= 11 is 0.